The zero-order valence-corrected chi connectivity index (χ0v) is 23.9. The van der Waals surface area contributed by atoms with Crippen molar-refractivity contribution in [3.8, 4) is 0 Å². The van der Waals surface area contributed by atoms with E-state index in [1.54, 1.807) is 5.82 Å². The topological polar surface area (TPSA) is 8.81 Å². The van der Waals surface area contributed by atoms with Gasteiger partial charge in [-0.05, 0) is 25.7 Å². The number of rotatable bonds is 26. The van der Waals surface area contributed by atoms with Crippen LogP contribution in [0, 0.1) is 0 Å². The van der Waals surface area contributed by atoms with Gasteiger partial charge in [0.25, 0.3) is 5.82 Å². The first-order valence-electron chi connectivity index (χ1n) is 15.9. The summed E-state index contributed by atoms with van der Waals surface area (Å²) in [5.41, 5.74) is 0. The number of nitrogens with zero attached hydrogens (tertiary/aromatic N) is 2. The van der Waals surface area contributed by atoms with Crippen molar-refractivity contribution in [2.24, 2.45) is 0 Å². The van der Waals surface area contributed by atoms with Crippen LogP contribution in [0.5, 0.6) is 0 Å². The van der Waals surface area contributed by atoms with Crippen LogP contribution in [0.3, 0.4) is 0 Å². The molecular formula is C32H63N2+. The van der Waals surface area contributed by atoms with Crippen LogP contribution in [-0.4, -0.2) is 4.57 Å². The third kappa shape index (κ3) is 16.8. The van der Waals surface area contributed by atoms with Gasteiger partial charge in [0.15, 0.2) is 0 Å². The van der Waals surface area contributed by atoms with Crippen LogP contribution >= 0.6 is 0 Å². The molecule has 0 amide bonds. The van der Waals surface area contributed by atoms with Crippen LogP contribution in [0.15, 0.2) is 12.4 Å². The Labute approximate surface area is 215 Å². The van der Waals surface area contributed by atoms with E-state index in [9.17, 15) is 0 Å². The average Bonchev–Trinajstić information content (AvgIpc) is 3.23. The number of imidazole rings is 1. The largest absolute Gasteiger partial charge is 0.256 e. The second kappa shape index (κ2) is 23.9. The van der Waals surface area contributed by atoms with E-state index in [-0.39, 0.29) is 0 Å². The van der Waals surface area contributed by atoms with Gasteiger partial charge in [-0.2, -0.15) is 0 Å². The summed E-state index contributed by atoms with van der Waals surface area (Å²) in [6, 6.07) is 0. The molecule has 0 aromatic carbocycles. The minimum Gasteiger partial charge on any atom is -0.234 e. The van der Waals surface area contributed by atoms with Gasteiger partial charge < -0.3 is 0 Å². The minimum absolute atomic E-state index is 1.20. The molecule has 1 rings (SSSR count). The molecule has 34 heavy (non-hydrogen) atoms. The molecular weight excluding hydrogens is 412 g/mol. The first kappa shape index (κ1) is 31.2. The van der Waals surface area contributed by atoms with Gasteiger partial charge >= 0.3 is 0 Å². The standard InChI is InChI=1S/C32H63N2/c1-4-7-10-12-14-15-16-17-18-19-20-22-24-26-29-34-31-30-33(28-9-6-3)32(34)27-25-23-21-13-11-8-5-2/h30-31H,4-29H2,1-3H3/q+1. The lowest BCUT2D eigenvalue weighted by Crippen LogP contribution is -2.37. The zero-order chi connectivity index (χ0) is 24.5. The molecule has 0 saturated heterocycles. The number of aromatic nitrogens is 2. The van der Waals surface area contributed by atoms with Crippen LogP contribution < -0.4 is 4.57 Å². The number of hydrogen-bond donors (Lipinski definition) is 0. The summed E-state index contributed by atoms with van der Waals surface area (Å²) >= 11 is 0. The highest BCUT2D eigenvalue weighted by atomic mass is 15.1. The van der Waals surface area contributed by atoms with Crippen LogP contribution in [0.2, 0.25) is 0 Å². The number of aryl methyl sites for hydroxylation is 2. The maximum Gasteiger partial charge on any atom is 0.256 e. The van der Waals surface area contributed by atoms with Gasteiger partial charge in [-0.3, -0.25) is 0 Å². The molecule has 1 heterocycles. The van der Waals surface area contributed by atoms with Gasteiger partial charge in [0.1, 0.15) is 12.4 Å². The van der Waals surface area contributed by atoms with Crippen molar-refractivity contribution in [3.05, 3.63) is 18.2 Å². The summed E-state index contributed by atoms with van der Waals surface area (Å²) in [5.74, 6) is 1.59. The molecule has 0 N–H and O–H groups in total. The number of unbranched alkanes of at least 4 members (excludes halogenated alkanes) is 20. The Balaban J connectivity index is 2.14. The summed E-state index contributed by atoms with van der Waals surface area (Å²) in [6.45, 7) is 9.35. The fourth-order valence-corrected chi connectivity index (χ4v) is 5.24. The SMILES string of the molecule is CCCCCCCCCCCCCCCC[n+]1ccn(CCCC)c1CCCCCCCCC. The summed E-state index contributed by atoms with van der Waals surface area (Å²) in [7, 11) is 0. The second-order valence-corrected chi connectivity index (χ2v) is 10.9. The molecule has 0 aliphatic carbocycles. The maximum atomic E-state index is 2.59. The highest BCUT2D eigenvalue weighted by Crippen LogP contribution is 2.14. The normalized spacial score (nSPS) is 11.5. The van der Waals surface area contributed by atoms with Crippen molar-refractivity contribution < 1.29 is 4.57 Å². The molecule has 200 valence electrons. The molecule has 2 nitrogen and oxygen atoms in total. The van der Waals surface area contributed by atoms with E-state index in [1.807, 2.05) is 0 Å². The first-order valence-corrected chi connectivity index (χ1v) is 15.9. The molecule has 2 heteroatoms. The highest BCUT2D eigenvalue weighted by molar-refractivity contribution is 4.84. The van der Waals surface area contributed by atoms with Crippen molar-refractivity contribution in [2.75, 3.05) is 0 Å². The third-order valence-electron chi connectivity index (χ3n) is 7.60. The Morgan fingerprint density at radius 1 is 0.500 bits per heavy atom. The second-order valence-electron chi connectivity index (χ2n) is 10.9. The van der Waals surface area contributed by atoms with Gasteiger partial charge in [0, 0.05) is 6.42 Å². The Bertz CT molecular complexity index is 533. The Morgan fingerprint density at radius 3 is 1.38 bits per heavy atom. The van der Waals surface area contributed by atoms with Crippen LogP contribution in [-0.2, 0) is 19.5 Å². The Kier molecular flexibility index (Phi) is 22.0. The monoisotopic (exact) mass is 475 g/mol. The van der Waals surface area contributed by atoms with E-state index in [1.165, 1.54) is 167 Å². The molecule has 1 aromatic heterocycles. The molecule has 0 fully saturated rings. The van der Waals surface area contributed by atoms with Crippen molar-refractivity contribution in [3.63, 3.8) is 0 Å². The molecule has 0 bridgehead atoms. The molecule has 0 unspecified atom stereocenters. The predicted octanol–water partition coefficient (Wildman–Crippen LogP) is 10.4. The van der Waals surface area contributed by atoms with E-state index >= 15 is 0 Å². The quantitative estimate of drug-likeness (QED) is 0.0930. The van der Waals surface area contributed by atoms with E-state index < -0.39 is 0 Å². The van der Waals surface area contributed by atoms with E-state index in [4.69, 9.17) is 0 Å². The van der Waals surface area contributed by atoms with Crippen molar-refractivity contribution >= 4 is 0 Å². The minimum atomic E-state index is 1.20. The van der Waals surface area contributed by atoms with Crippen LogP contribution in [0.1, 0.15) is 174 Å². The van der Waals surface area contributed by atoms with Gasteiger partial charge in [-0.1, -0.05) is 143 Å². The summed E-state index contributed by atoms with van der Waals surface area (Å²) < 4.78 is 5.15. The predicted molar refractivity (Wildman–Crippen MR) is 152 cm³/mol. The molecule has 0 aliphatic rings. The fraction of sp³-hybridized carbons (Fsp3) is 0.906. The van der Waals surface area contributed by atoms with Crippen molar-refractivity contribution in [1.82, 2.24) is 4.57 Å². The Morgan fingerprint density at radius 2 is 0.912 bits per heavy atom. The number of hydrogen-bond acceptors (Lipinski definition) is 0. The zero-order valence-electron chi connectivity index (χ0n) is 23.9. The van der Waals surface area contributed by atoms with E-state index in [0.29, 0.717) is 0 Å². The lowest BCUT2D eigenvalue weighted by molar-refractivity contribution is -0.704. The van der Waals surface area contributed by atoms with Gasteiger partial charge in [0.05, 0.1) is 13.1 Å². The Hall–Kier alpha value is -0.790. The molecule has 0 spiro atoms. The van der Waals surface area contributed by atoms with Crippen molar-refractivity contribution in [2.45, 2.75) is 188 Å². The van der Waals surface area contributed by atoms with Gasteiger partial charge in [-0.25, -0.2) is 9.13 Å². The van der Waals surface area contributed by atoms with Gasteiger partial charge in [-0.15, -0.1) is 0 Å². The van der Waals surface area contributed by atoms with Gasteiger partial charge in [0.2, 0.25) is 0 Å². The average molecular weight is 476 g/mol. The molecule has 1 aromatic rings. The van der Waals surface area contributed by atoms with Crippen LogP contribution in [0.25, 0.3) is 0 Å². The van der Waals surface area contributed by atoms with E-state index in [2.05, 4.69) is 42.3 Å². The third-order valence-corrected chi connectivity index (χ3v) is 7.60. The fourth-order valence-electron chi connectivity index (χ4n) is 5.24. The lowest BCUT2D eigenvalue weighted by atomic mass is 10.0. The molecule has 0 aliphatic heterocycles. The summed E-state index contributed by atoms with van der Waals surface area (Å²) in [5, 5.41) is 0. The highest BCUT2D eigenvalue weighted by Gasteiger charge is 2.16. The van der Waals surface area contributed by atoms with E-state index in [0.717, 1.165) is 0 Å². The van der Waals surface area contributed by atoms with Crippen molar-refractivity contribution in [1.29, 1.82) is 0 Å². The first-order chi connectivity index (χ1) is 16.8. The maximum absolute atomic E-state index is 2.59. The summed E-state index contributed by atoms with van der Waals surface area (Å²) in [4.78, 5) is 0. The summed E-state index contributed by atoms with van der Waals surface area (Å²) in [6.07, 6.45) is 38.6. The smallest absolute Gasteiger partial charge is 0.234 e. The van der Waals surface area contributed by atoms with Crippen LogP contribution in [0.4, 0.5) is 0 Å². The lowest BCUT2D eigenvalue weighted by Gasteiger charge is -2.06. The molecule has 0 saturated carbocycles. The molecule has 0 atom stereocenters. The molecule has 0 radical (unpaired) electrons.